The number of para-hydroxylation sites is 1. The Morgan fingerprint density at radius 1 is 0.582 bits per heavy atom. The van der Waals surface area contributed by atoms with E-state index < -0.39 is 151 Å². The standard InChI is InChI=1S/C63H71N3O/c1-59(2,3)39-40-24-26-41(27-25-40)43-30-31-64-53(35-43)45-32-44(33-47(34-45)61(7,8)9)49-22-19-23-55-56(49)65-58(51-37-48(62(10,11)12)38-52(57(51)67)63(13,14)15)66(55)54-29-28-46(60(4,5)6)36-50(54)42-20-17-16-18-21-42/h16-38,67H,39H2,1-15H3/i10D3,11D3,12D3,13D3,14D3,15D3,16D,17D,18D,20D,21D,26D,27D,37D,38D,39D2. The smallest absolute Gasteiger partial charge is 0.149 e. The molecule has 0 saturated carbocycles. The minimum Gasteiger partial charge on any atom is -0.507 e. The molecule has 0 unspecified atom stereocenters. The van der Waals surface area contributed by atoms with Crippen LogP contribution in [-0.2, 0) is 28.0 Å². The minimum atomic E-state index is -4.59. The fraction of sp³-hybridized carbons (Fsp3) is 0.333. The first kappa shape index (κ1) is 23.2. The summed E-state index contributed by atoms with van der Waals surface area (Å²) in [5, 5.41) is 13.3. The van der Waals surface area contributed by atoms with Crippen molar-refractivity contribution in [1.82, 2.24) is 14.5 Å². The second kappa shape index (κ2) is 17.1. The van der Waals surface area contributed by atoms with Crippen LogP contribution in [0.15, 0.2) is 139 Å². The molecular formula is C63H71N3O. The molecule has 8 rings (SSSR count). The molecule has 0 amide bonds. The van der Waals surface area contributed by atoms with Crippen molar-refractivity contribution >= 4 is 11.0 Å². The van der Waals surface area contributed by atoms with E-state index in [9.17, 15) is 10.6 Å². The van der Waals surface area contributed by atoms with Crippen molar-refractivity contribution < 1.29 is 44.9 Å². The maximum absolute atomic E-state index is 13.3. The number of aromatic hydroxyl groups is 1. The van der Waals surface area contributed by atoms with Crippen LogP contribution in [0, 0.1) is 5.41 Å². The van der Waals surface area contributed by atoms with Gasteiger partial charge in [0.1, 0.15) is 11.6 Å². The molecule has 0 aliphatic carbocycles. The van der Waals surface area contributed by atoms with E-state index >= 15 is 0 Å². The van der Waals surface area contributed by atoms with Gasteiger partial charge in [0, 0.05) is 55.9 Å². The number of pyridine rings is 1. The highest BCUT2D eigenvalue weighted by Crippen LogP contribution is 2.46. The van der Waals surface area contributed by atoms with Gasteiger partial charge in [0.05, 0.1) is 40.3 Å². The average molecular weight is 915 g/mol. The Balaban J connectivity index is 1.67. The first-order chi connectivity index (χ1) is 43.3. The number of phenols is 1. The summed E-state index contributed by atoms with van der Waals surface area (Å²) in [6.45, 7) is -10.6. The first-order valence-electron chi connectivity index (χ1n) is 36.1. The van der Waals surface area contributed by atoms with Gasteiger partial charge in [-0.2, -0.15) is 0 Å². The predicted molar refractivity (Wildman–Crippen MR) is 286 cm³/mol. The summed E-state index contributed by atoms with van der Waals surface area (Å²) < 4.78 is 261. The van der Waals surface area contributed by atoms with Crippen molar-refractivity contribution in [3.63, 3.8) is 0 Å². The highest BCUT2D eigenvalue weighted by molar-refractivity contribution is 5.98. The van der Waals surface area contributed by atoms with Crippen LogP contribution >= 0.6 is 0 Å². The molecule has 4 heteroatoms. The molecule has 0 bridgehead atoms. The number of fused-ring (bicyclic) bond motifs is 1. The monoisotopic (exact) mass is 915 g/mol. The first-order valence-corrected chi connectivity index (χ1v) is 21.6. The molecule has 6 aromatic carbocycles. The topological polar surface area (TPSA) is 50.9 Å². The summed E-state index contributed by atoms with van der Waals surface area (Å²) in [7, 11) is 0. The summed E-state index contributed by atoms with van der Waals surface area (Å²) in [5.41, 5.74) is -15.5. The van der Waals surface area contributed by atoms with Crippen LogP contribution in [0.1, 0.15) is 171 Å². The minimum absolute atomic E-state index is 0.129. The average Bonchev–Trinajstić information content (AvgIpc) is 0.799. The molecular weight excluding hydrogens is 815 g/mol. The van der Waals surface area contributed by atoms with Crippen molar-refractivity contribution in [3.8, 4) is 67.5 Å². The molecule has 0 atom stereocenters. The maximum Gasteiger partial charge on any atom is 0.149 e. The van der Waals surface area contributed by atoms with E-state index in [1.54, 1.807) is 71.9 Å². The molecule has 0 radical (unpaired) electrons. The van der Waals surface area contributed by atoms with Gasteiger partial charge in [-0.3, -0.25) is 9.55 Å². The summed E-state index contributed by atoms with van der Waals surface area (Å²) in [6, 6.07) is 11.9. The third-order valence-corrected chi connectivity index (χ3v) is 11.2. The second-order valence-electron chi connectivity index (χ2n) is 19.9. The molecule has 0 aliphatic rings. The maximum atomic E-state index is 13.3. The highest BCUT2D eigenvalue weighted by Gasteiger charge is 2.30. The molecule has 2 heterocycles. The lowest BCUT2D eigenvalue weighted by atomic mass is 9.79. The third-order valence-electron chi connectivity index (χ3n) is 11.2. The Bertz CT molecular complexity index is 4220. The van der Waals surface area contributed by atoms with E-state index in [2.05, 4.69) is 0 Å². The van der Waals surface area contributed by atoms with Gasteiger partial charge >= 0.3 is 0 Å². The normalized spacial score (nSPS) is 20.5. The SMILES string of the molecule is [2H]c1cc(C([2H])([2H])C(C)(C)C)cc([2H])c1-c1ccnc(-c2cc(-c3cccc4c3nc(-c3c([2H])c(C(C([2H])([2H])[2H])(C([2H])([2H])[2H])C([2H])([2H])[2H])c([2H])c(C(C([2H])([2H])[2H])(C([2H])([2H])[2H])C([2H])([2H])[2H])c3O)n4-c3ccc(C(C)(C)C)cc3-c3c([2H])c([2H])c([2H])c([2H])c3[2H])cc(C(C)(C)C)c2)c1. The molecule has 4 nitrogen and oxygen atoms in total. The molecule has 344 valence electrons. The van der Waals surface area contributed by atoms with Crippen LogP contribution in [0.5, 0.6) is 5.75 Å². The van der Waals surface area contributed by atoms with Crippen molar-refractivity contribution in [2.24, 2.45) is 5.41 Å². The van der Waals surface area contributed by atoms with Crippen molar-refractivity contribution in [3.05, 3.63) is 167 Å². The zero-order valence-corrected chi connectivity index (χ0v) is 38.9. The third kappa shape index (κ3) is 9.91. The van der Waals surface area contributed by atoms with Gasteiger partial charge in [-0.25, -0.2) is 4.98 Å². The van der Waals surface area contributed by atoms with Crippen molar-refractivity contribution in [1.29, 1.82) is 0 Å². The number of aromatic nitrogens is 3. The lowest BCUT2D eigenvalue weighted by molar-refractivity contribution is 0.411. The van der Waals surface area contributed by atoms with E-state index in [1.807, 2.05) is 26.8 Å². The number of hydrogen-bond donors (Lipinski definition) is 1. The Morgan fingerprint density at radius 2 is 1.27 bits per heavy atom. The van der Waals surface area contributed by atoms with Gasteiger partial charge in [-0.05, 0) is 126 Å². The van der Waals surface area contributed by atoms with Crippen molar-refractivity contribution in [2.45, 2.75) is 131 Å². The highest BCUT2D eigenvalue weighted by atomic mass is 16.3. The van der Waals surface area contributed by atoms with Gasteiger partial charge in [-0.1, -0.05) is 188 Å². The Morgan fingerprint density at radius 3 is 1.93 bits per heavy atom. The number of imidazole rings is 1. The zero-order chi connectivity index (χ0) is 73.1. The van der Waals surface area contributed by atoms with Crippen LogP contribution in [0.4, 0.5) is 0 Å². The number of hydrogen-bond acceptors (Lipinski definition) is 3. The lowest BCUT2D eigenvalue weighted by Crippen LogP contribution is -2.17. The molecule has 1 N–H and O–H groups in total. The molecule has 2 aromatic heterocycles. The fourth-order valence-electron chi connectivity index (χ4n) is 7.83. The molecule has 0 aliphatic heterocycles. The Labute approximate surface area is 442 Å². The quantitative estimate of drug-likeness (QED) is 0.173. The fourth-order valence-corrected chi connectivity index (χ4v) is 7.83. The number of benzene rings is 6. The molecule has 8 aromatic rings. The second-order valence-corrected chi connectivity index (χ2v) is 19.9. The van der Waals surface area contributed by atoms with Gasteiger partial charge < -0.3 is 5.11 Å². The van der Waals surface area contributed by atoms with Crippen LogP contribution in [0.3, 0.4) is 0 Å². The van der Waals surface area contributed by atoms with Gasteiger partial charge in [-0.15, -0.1) is 0 Å². The van der Waals surface area contributed by atoms with Crippen molar-refractivity contribution in [2.75, 3.05) is 0 Å². The molecule has 67 heavy (non-hydrogen) atoms. The van der Waals surface area contributed by atoms with Gasteiger partial charge in [0.2, 0.25) is 0 Å². The van der Waals surface area contributed by atoms with E-state index in [0.29, 0.717) is 27.8 Å². The summed E-state index contributed by atoms with van der Waals surface area (Å²) in [5.74, 6) is -2.84. The van der Waals surface area contributed by atoms with Crippen LogP contribution in [-0.4, -0.2) is 19.6 Å². The molecule has 0 fully saturated rings. The van der Waals surface area contributed by atoms with E-state index in [4.69, 9.17) is 44.2 Å². The number of rotatable bonds is 7. The van der Waals surface area contributed by atoms with Crippen LogP contribution in [0.2, 0.25) is 0 Å². The number of nitrogens with zero attached hydrogens (tertiary/aromatic N) is 3. The summed E-state index contributed by atoms with van der Waals surface area (Å²) in [4.78, 5) is 9.72. The van der Waals surface area contributed by atoms with Crippen LogP contribution in [0.25, 0.3) is 72.7 Å². The number of phenolic OH excluding ortho intramolecular Hbond substituents is 1. The Kier molecular flexibility index (Phi) is 5.92. The van der Waals surface area contributed by atoms with E-state index in [-0.39, 0.29) is 56.8 Å². The molecule has 0 spiro atoms. The van der Waals surface area contributed by atoms with E-state index in [1.165, 1.54) is 48.7 Å². The van der Waals surface area contributed by atoms with Gasteiger partial charge in [0.25, 0.3) is 0 Å². The summed E-state index contributed by atoms with van der Waals surface area (Å²) in [6.07, 6.45) is -0.484. The Hall–Kier alpha value is -6.26. The zero-order valence-electron chi connectivity index (χ0n) is 67.9. The predicted octanol–water partition coefficient (Wildman–Crippen LogP) is 17.2. The van der Waals surface area contributed by atoms with Crippen LogP contribution < -0.4 is 0 Å². The van der Waals surface area contributed by atoms with E-state index in [0.717, 1.165) is 4.57 Å². The van der Waals surface area contributed by atoms with Gasteiger partial charge in [0.15, 0.2) is 0 Å². The summed E-state index contributed by atoms with van der Waals surface area (Å²) >= 11 is 0. The lowest BCUT2D eigenvalue weighted by Gasteiger charge is -2.28. The molecule has 0 saturated heterocycles. The largest absolute Gasteiger partial charge is 0.507 e.